The second-order valence-corrected chi connectivity index (χ2v) is 8.19. The van der Waals surface area contributed by atoms with Crippen LogP contribution in [0.5, 0.6) is 0 Å². The molecule has 0 bridgehead atoms. The summed E-state index contributed by atoms with van der Waals surface area (Å²) in [5.41, 5.74) is 0.684. The minimum Gasteiger partial charge on any atom is -0.352 e. The summed E-state index contributed by atoms with van der Waals surface area (Å²) in [4.78, 5) is 38.3. The molecule has 0 aliphatic carbocycles. The lowest BCUT2D eigenvalue weighted by molar-refractivity contribution is -0.134. The summed E-state index contributed by atoms with van der Waals surface area (Å²) in [6, 6.07) is 5.01. The Morgan fingerprint density at radius 1 is 1.09 bits per heavy atom. The number of benzene rings is 1. The van der Waals surface area contributed by atoms with Gasteiger partial charge in [-0.15, -0.1) is 0 Å². The zero-order chi connectivity index (χ0) is 22.8. The molecule has 1 aliphatic heterocycles. The number of amides is 2. The van der Waals surface area contributed by atoms with Crippen LogP contribution in [-0.2, 0) is 11.8 Å². The molecular weight excluding hydrogens is 413 g/mol. The van der Waals surface area contributed by atoms with E-state index < -0.39 is 17.8 Å². The molecule has 1 aromatic carbocycles. The topological polar surface area (TPSA) is 96.2 Å². The van der Waals surface area contributed by atoms with Crippen molar-refractivity contribution in [3.8, 4) is 0 Å². The van der Waals surface area contributed by atoms with Crippen LogP contribution in [0.4, 0.5) is 10.2 Å². The molecule has 3 heterocycles. The summed E-state index contributed by atoms with van der Waals surface area (Å²) in [5, 5.41) is 7.84. The third-order valence-electron chi connectivity index (χ3n) is 5.74. The number of hydrogen-bond acceptors (Lipinski definition) is 6. The third-order valence-corrected chi connectivity index (χ3v) is 5.74. The van der Waals surface area contributed by atoms with Gasteiger partial charge in [0.15, 0.2) is 5.65 Å². The van der Waals surface area contributed by atoms with Crippen molar-refractivity contribution in [1.29, 1.82) is 0 Å². The molecule has 2 amide bonds. The minimum atomic E-state index is -0.738. The third kappa shape index (κ3) is 4.12. The number of nitrogens with one attached hydrogen (secondary N) is 1. The molecule has 9 nitrogen and oxygen atoms in total. The zero-order valence-electron chi connectivity index (χ0n) is 18.3. The maximum atomic E-state index is 14.0. The van der Waals surface area contributed by atoms with E-state index >= 15 is 0 Å². The summed E-state index contributed by atoms with van der Waals surface area (Å²) in [6.07, 6.45) is 3.26. The Kier molecular flexibility index (Phi) is 6.02. The number of piperazine rings is 1. The molecule has 2 aromatic heterocycles. The Morgan fingerprint density at radius 3 is 2.50 bits per heavy atom. The molecule has 0 spiro atoms. The molecule has 3 aromatic rings. The lowest BCUT2D eigenvalue weighted by atomic mass is 10.0. The first-order chi connectivity index (χ1) is 15.4. The van der Waals surface area contributed by atoms with Crippen LogP contribution in [0.1, 0.15) is 24.2 Å². The molecule has 1 atom stereocenters. The van der Waals surface area contributed by atoms with Gasteiger partial charge in [0.2, 0.25) is 5.91 Å². The van der Waals surface area contributed by atoms with Gasteiger partial charge in [-0.25, -0.2) is 14.4 Å². The largest absolute Gasteiger partial charge is 0.352 e. The van der Waals surface area contributed by atoms with Gasteiger partial charge in [0.25, 0.3) is 5.91 Å². The molecule has 1 unspecified atom stereocenters. The van der Waals surface area contributed by atoms with E-state index in [0.717, 1.165) is 16.9 Å². The van der Waals surface area contributed by atoms with Gasteiger partial charge in [-0.05, 0) is 18.1 Å². The molecular formula is C22H26FN7O2. The molecule has 1 fully saturated rings. The van der Waals surface area contributed by atoms with Crippen molar-refractivity contribution in [3.63, 3.8) is 0 Å². The predicted octanol–water partition coefficient (Wildman–Crippen LogP) is 1.61. The number of anilines is 1. The number of carbonyl (C=O) groups excluding carboxylic acids is 2. The van der Waals surface area contributed by atoms with Crippen LogP contribution < -0.4 is 10.2 Å². The van der Waals surface area contributed by atoms with E-state index in [1.807, 2.05) is 20.9 Å². The van der Waals surface area contributed by atoms with Crippen molar-refractivity contribution in [2.75, 3.05) is 31.1 Å². The van der Waals surface area contributed by atoms with Crippen LogP contribution in [0.15, 0.2) is 36.8 Å². The smallest absolute Gasteiger partial charge is 0.254 e. The van der Waals surface area contributed by atoms with E-state index in [1.54, 1.807) is 21.8 Å². The number of fused-ring (bicyclic) bond motifs is 1. The van der Waals surface area contributed by atoms with E-state index in [9.17, 15) is 14.0 Å². The SMILES string of the molecule is CC(C)C(NC(=O)c1ccccc1F)C(=O)N1CCN(c2ncnc3c2cnn3C)CC1. The Bertz CT molecular complexity index is 1140. The van der Waals surface area contributed by atoms with Crippen LogP contribution in [0.2, 0.25) is 0 Å². The molecule has 0 saturated carbocycles. The molecule has 1 N–H and O–H groups in total. The first-order valence-corrected chi connectivity index (χ1v) is 10.6. The fourth-order valence-corrected chi connectivity index (χ4v) is 3.91. The first-order valence-electron chi connectivity index (χ1n) is 10.6. The fraction of sp³-hybridized carbons (Fsp3) is 0.409. The summed E-state index contributed by atoms with van der Waals surface area (Å²) in [5.74, 6) is -0.718. The number of aryl methyl sites for hydroxylation is 1. The van der Waals surface area contributed by atoms with Crippen molar-refractivity contribution in [1.82, 2.24) is 30.0 Å². The quantitative estimate of drug-likeness (QED) is 0.649. The first kappa shape index (κ1) is 21.7. The monoisotopic (exact) mass is 439 g/mol. The van der Waals surface area contributed by atoms with Gasteiger partial charge in [-0.1, -0.05) is 26.0 Å². The number of halogens is 1. The highest BCUT2D eigenvalue weighted by atomic mass is 19.1. The van der Waals surface area contributed by atoms with E-state index in [4.69, 9.17) is 0 Å². The average Bonchev–Trinajstić information content (AvgIpc) is 3.18. The van der Waals surface area contributed by atoms with E-state index in [1.165, 1.54) is 24.5 Å². The molecule has 4 rings (SSSR count). The van der Waals surface area contributed by atoms with Crippen LogP contribution in [0.25, 0.3) is 11.0 Å². The number of aromatic nitrogens is 4. The Hall–Kier alpha value is -3.56. The molecule has 1 saturated heterocycles. The molecule has 10 heteroatoms. The van der Waals surface area contributed by atoms with Gasteiger partial charge >= 0.3 is 0 Å². The second kappa shape index (κ2) is 8.89. The van der Waals surface area contributed by atoms with Gasteiger partial charge in [-0.3, -0.25) is 14.3 Å². The van der Waals surface area contributed by atoms with Gasteiger partial charge in [0.1, 0.15) is 24.0 Å². The highest BCUT2D eigenvalue weighted by Gasteiger charge is 2.32. The number of rotatable bonds is 5. The van der Waals surface area contributed by atoms with Crippen molar-refractivity contribution >= 4 is 28.7 Å². The summed E-state index contributed by atoms with van der Waals surface area (Å²) in [7, 11) is 1.83. The van der Waals surface area contributed by atoms with Crippen molar-refractivity contribution in [3.05, 3.63) is 48.2 Å². The fourth-order valence-electron chi connectivity index (χ4n) is 3.91. The predicted molar refractivity (Wildman–Crippen MR) is 118 cm³/mol. The summed E-state index contributed by atoms with van der Waals surface area (Å²) >= 11 is 0. The highest BCUT2D eigenvalue weighted by Crippen LogP contribution is 2.23. The maximum absolute atomic E-state index is 14.0. The molecule has 168 valence electrons. The number of hydrogen-bond donors (Lipinski definition) is 1. The van der Waals surface area contributed by atoms with Crippen molar-refractivity contribution in [2.24, 2.45) is 13.0 Å². The lowest BCUT2D eigenvalue weighted by Gasteiger charge is -2.37. The number of carbonyl (C=O) groups is 2. The van der Waals surface area contributed by atoms with Gasteiger partial charge in [0, 0.05) is 33.2 Å². The number of nitrogens with zero attached hydrogens (tertiary/aromatic N) is 6. The van der Waals surface area contributed by atoms with E-state index in [-0.39, 0.29) is 17.4 Å². The Labute approximate surface area is 185 Å². The minimum absolute atomic E-state index is 0.0694. The highest BCUT2D eigenvalue weighted by molar-refractivity contribution is 5.98. The standard InChI is InChI=1S/C22H26FN7O2/c1-14(2)18(27-21(31)15-6-4-5-7-17(15)23)22(32)30-10-8-29(9-11-30)20-16-12-26-28(3)19(16)24-13-25-20/h4-7,12-14,18H,8-11H2,1-3H3,(H,27,31). The Balaban J connectivity index is 1.44. The normalized spacial score (nSPS) is 15.3. The lowest BCUT2D eigenvalue weighted by Crippen LogP contribution is -2.56. The summed E-state index contributed by atoms with van der Waals surface area (Å²) in [6.45, 7) is 5.89. The van der Waals surface area contributed by atoms with Crippen LogP contribution in [-0.4, -0.2) is 68.7 Å². The van der Waals surface area contributed by atoms with E-state index in [0.29, 0.717) is 26.2 Å². The molecule has 32 heavy (non-hydrogen) atoms. The van der Waals surface area contributed by atoms with E-state index in [2.05, 4.69) is 25.3 Å². The van der Waals surface area contributed by atoms with Gasteiger partial charge in [-0.2, -0.15) is 5.10 Å². The van der Waals surface area contributed by atoms with Crippen molar-refractivity contribution in [2.45, 2.75) is 19.9 Å². The average molecular weight is 439 g/mol. The second-order valence-electron chi connectivity index (χ2n) is 8.19. The van der Waals surface area contributed by atoms with Crippen LogP contribution >= 0.6 is 0 Å². The van der Waals surface area contributed by atoms with Crippen LogP contribution in [0, 0.1) is 11.7 Å². The zero-order valence-corrected chi connectivity index (χ0v) is 18.3. The van der Waals surface area contributed by atoms with Gasteiger partial charge < -0.3 is 15.1 Å². The molecule has 1 aliphatic rings. The van der Waals surface area contributed by atoms with Gasteiger partial charge in [0.05, 0.1) is 17.1 Å². The molecule has 0 radical (unpaired) electrons. The Morgan fingerprint density at radius 2 is 1.81 bits per heavy atom. The maximum Gasteiger partial charge on any atom is 0.254 e. The van der Waals surface area contributed by atoms with Crippen LogP contribution in [0.3, 0.4) is 0 Å². The van der Waals surface area contributed by atoms with Crippen molar-refractivity contribution < 1.29 is 14.0 Å². The summed E-state index contributed by atoms with van der Waals surface area (Å²) < 4.78 is 15.7.